The fraction of sp³-hybridized carbons (Fsp3) is 0.562. The predicted molar refractivity (Wildman–Crippen MR) is 86.4 cm³/mol. The first-order valence-electron chi connectivity index (χ1n) is 7.38. The van der Waals surface area contributed by atoms with Crippen LogP contribution in [0.3, 0.4) is 0 Å². The highest BCUT2D eigenvalue weighted by Gasteiger charge is 2.23. The first-order chi connectivity index (χ1) is 9.68. The Morgan fingerprint density at radius 2 is 2.10 bits per heavy atom. The zero-order chi connectivity index (χ0) is 14.4. The van der Waals surface area contributed by atoms with Crippen LogP contribution in [0.5, 0.6) is 0 Å². The van der Waals surface area contributed by atoms with Gasteiger partial charge in [-0.15, -0.1) is 12.4 Å². The molecule has 1 aliphatic heterocycles. The molecule has 1 fully saturated rings. The quantitative estimate of drug-likeness (QED) is 0.877. The summed E-state index contributed by atoms with van der Waals surface area (Å²) in [5.74, 6) is -0.253. The van der Waals surface area contributed by atoms with E-state index < -0.39 is 0 Å². The number of nitrogens with two attached hydrogens (primary N) is 1. The number of nitrogens with one attached hydrogen (secondary N) is 1. The van der Waals surface area contributed by atoms with Gasteiger partial charge in [0.05, 0.1) is 12.0 Å². The molecule has 21 heavy (non-hydrogen) atoms. The average molecular weight is 313 g/mol. The molecule has 3 unspecified atom stereocenters. The number of hydrogen-bond acceptors (Lipinski definition) is 3. The molecular weight excluding hydrogens is 288 g/mol. The van der Waals surface area contributed by atoms with Gasteiger partial charge in [0.2, 0.25) is 5.91 Å². The van der Waals surface area contributed by atoms with Crippen LogP contribution in [-0.4, -0.2) is 25.2 Å². The van der Waals surface area contributed by atoms with E-state index in [2.05, 4.69) is 5.32 Å². The van der Waals surface area contributed by atoms with Crippen molar-refractivity contribution in [3.8, 4) is 0 Å². The SMILES string of the molecule is CC(C(=O)NCC1CCCCO1)C(N)c1ccccc1.Cl. The Morgan fingerprint density at radius 3 is 2.71 bits per heavy atom. The number of carbonyl (C=O) groups excluding carboxylic acids is 1. The lowest BCUT2D eigenvalue weighted by Gasteiger charge is -2.25. The number of benzene rings is 1. The zero-order valence-electron chi connectivity index (χ0n) is 12.5. The standard InChI is InChI=1S/C16H24N2O2.ClH/c1-12(15(17)13-7-3-2-4-8-13)16(19)18-11-14-9-5-6-10-20-14;/h2-4,7-8,12,14-15H,5-6,9-11,17H2,1H3,(H,18,19);1H. The molecule has 0 aromatic heterocycles. The summed E-state index contributed by atoms with van der Waals surface area (Å²) < 4.78 is 5.61. The van der Waals surface area contributed by atoms with Crippen molar-refractivity contribution in [2.24, 2.45) is 11.7 Å². The van der Waals surface area contributed by atoms with Gasteiger partial charge in [-0.3, -0.25) is 4.79 Å². The van der Waals surface area contributed by atoms with Crippen LogP contribution < -0.4 is 11.1 Å². The van der Waals surface area contributed by atoms with Crippen molar-refractivity contribution in [1.29, 1.82) is 0 Å². The Balaban J connectivity index is 0.00000220. The number of ether oxygens (including phenoxy) is 1. The van der Waals surface area contributed by atoms with Crippen molar-refractivity contribution < 1.29 is 9.53 Å². The summed E-state index contributed by atoms with van der Waals surface area (Å²) in [6, 6.07) is 9.47. The van der Waals surface area contributed by atoms with E-state index in [4.69, 9.17) is 10.5 Å². The third-order valence-electron chi connectivity index (χ3n) is 3.91. The van der Waals surface area contributed by atoms with E-state index in [1.807, 2.05) is 37.3 Å². The molecule has 1 aliphatic rings. The lowest BCUT2D eigenvalue weighted by Crippen LogP contribution is -2.40. The fourth-order valence-electron chi connectivity index (χ4n) is 2.47. The number of carbonyl (C=O) groups is 1. The van der Waals surface area contributed by atoms with Gasteiger partial charge in [0, 0.05) is 19.2 Å². The fourth-order valence-corrected chi connectivity index (χ4v) is 2.47. The molecule has 3 atom stereocenters. The zero-order valence-corrected chi connectivity index (χ0v) is 13.3. The second-order valence-corrected chi connectivity index (χ2v) is 5.46. The van der Waals surface area contributed by atoms with Gasteiger partial charge >= 0.3 is 0 Å². The summed E-state index contributed by atoms with van der Waals surface area (Å²) in [4.78, 5) is 12.2. The molecule has 0 radical (unpaired) electrons. The highest BCUT2D eigenvalue weighted by molar-refractivity contribution is 5.85. The molecule has 3 N–H and O–H groups in total. The third-order valence-corrected chi connectivity index (χ3v) is 3.91. The first-order valence-corrected chi connectivity index (χ1v) is 7.38. The van der Waals surface area contributed by atoms with Crippen molar-refractivity contribution in [1.82, 2.24) is 5.32 Å². The lowest BCUT2D eigenvalue weighted by atomic mass is 9.94. The minimum atomic E-state index is -0.275. The summed E-state index contributed by atoms with van der Waals surface area (Å²) >= 11 is 0. The topological polar surface area (TPSA) is 64.3 Å². The minimum Gasteiger partial charge on any atom is -0.376 e. The van der Waals surface area contributed by atoms with Gasteiger partial charge in [0.15, 0.2) is 0 Å². The summed E-state index contributed by atoms with van der Waals surface area (Å²) in [7, 11) is 0. The van der Waals surface area contributed by atoms with Crippen molar-refractivity contribution >= 4 is 18.3 Å². The summed E-state index contributed by atoms with van der Waals surface area (Å²) in [5, 5.41) is 2.96. The normalized spacial score (nSPS) is 21.0. The number of rotatable bonds is 5. The highest BCUT2D eigenvalue weighted by atomic mass is 35.5. The van der Waals surface area contributed by atoms with E-state index >= 15 is 0 Å². The van der Waals surface area contributed by atoms with Crippen LogP contribution in [0.2, 0.25) is 0 Å². The summed E-state index contributed by atoms with van der Waals surface area (Å²) in [6.45, 7) is 3.26. The molecule has 0 spiro atoms. The maximum atomic E-state index is 12.2. The molecule has 118 valence electrons. The molecule has 0 bridgehead atoms. The molecular formula is C16H25ClN2O2. The van der Waals surface area contributed by atoms with Gasteiger partial charge in [0.1, 0.15) is 0 Å². The number of amides is 1. The minimum absolute atomic E-state index is 0. The Bertz CT molecular complexity index is 422. The molecule has 2 rings (SSSR count). The van der Waals surface area contributed by atoms with Gasteiger partial charge in [0.25, 0.3) is 0 Å². The summed E-state index contributed by atoms with van der Waals surface area (Å²) in [5.41, 5.74) is 7.15. The maximum Gasteiger partial charge on any atom is 0.224 e. The highest BCUT2D eigenvalue weighted by Crippen LogP contribution is 2.19. The second kappa shape index (κ2) is 9.03. The largest absolute Gasteiger partial charge is 0.376 e. The van der Waals surface area contributed by atoms with Gasteiger partial charge in [-0.05, 0) is 24.8 Å². The van der Waals surface area contributed by atoms with Crippen molar-refractivity contribution in [3.05, 3.63) is 35.9 Å². The number of halogens is 1. The average Bonchev–Trinajstić information content (AvgIpc) is 2.53. The molecule has 0 aliphatic carbocycles. The number of hydrogen-bond donors (Lipinski definition) is 2. The molecule has 0 saturated carbocycles. The van der Waals surface area contributed by atoms with Crippen LogP contribution in [-0.2, 0) is 9.53 Å². The Morgan fingerprint density at radius 1 is 1.38 bits per heavy atom. The van der Waals surface area contributed by atoms with Crippen molar-refractivity contribution in [3.63, 3.8) is 0 Å². The summed E-state index contributed by atoms with van der Waals surface area (Å²) in [6.07, 6.45) is 3.49. The molecule has 5 heteroatoms. The molecule has 1 aromatic carbocycles. The van der Waals surface area contributed by atoms with Crippen LogP contribution in [0.1, 0.15) is 37.8 Å². The van der Waals surface area contributed by atoms with Gasteiger partial charge in [-0.25, -0.2) is 0 Å². The Kier molecular flexibility index (Phi) is 7.72. The predicted octanol–water partition coefficient (Wildman–Crippen LogP) is 2.43. The molecule has 1 aromatic rings. The monoisotopic (exact) mass is 312 g/mol. The van der Waals surface area contributed by atoms with Crippen LogP contribution in [0, 0.1) is 5.92 Å². The molecule has 1 amide bonds. The van der Waals surface area contributed by atoms with Crippen LogP contribution >= 0.6 is 12.4 Å². The van der Waals surface area contributed by atoms with Crippen LogP contribution in [0.4, 0.5) is 0 Å². The maximum absolute atomic E-state index is 12.2. The van der Waals surface area contributed by atoms with E-state index in [1.54, 1.807) is 0 Å². The smallest absolute Gasteiger partial charge is 0.224 e. The molecule has 4 nitrogen and oxygen atoms in total. The Labute approximate surface area is 132 Å². The van der Waals surface area contributed by atoms with E-state index in [0.29, 0.717) is 6.54 Å². The van der Waals surface area contributed by atoms with Crippen LogP contribution in [0.15, 0.2) is 30.3 Å². The van der Waals surface area contributed by atoms with Crippen molar-refractivity contribution in [2.45, 2.75) is 38.3 Å². The van der Waals surface area contributed by atoms with E-state index in [1.165, 1.54) is 6.42 Å². The van der Waals surface area contributed by atoms with E-state index in [0.717, 1.165) is 25.0 Å². The first kappa shape index (κ1) is 18.0. The molecule has 1 heterocycles. The molecule has 1 saturated heterocycles. The van der Waals surface area contributed by atoms with Gasteiger partial charge in [-0.1, -0.05) is 37.3 Å². The Hall–Kier alpha value is -1.10. The lowest BCUT2D eigenvalue weighted by molar-refractivity contribution is -0.126. The van der Waals surface area contributed by atoms with Gasteiger partial charge in [-0.2, -0.15) is 0 Å². The van der Waals surface area contributed by atoms with Crippen molar-refractivity contribution in [2.75, 3.05) is 13.2 Å². The van der Waals surface area contributed by atoms with E-state index in [-0.39, 0.29) is 36.4 Å². The second-order valence-electron chi connectivity index (χ2n) is 5.46. The van der Waals surface area contributed by atoms with Crippen LogP contribution in [0.25, 0.3) is 0 Å². The van der Waals surface area contributed by atoms with Gasteiger partial charge < -0.3 is 15.8 Å². The third kappa shape index (κ3) is 5.30. The van der Waals surface area contributed by atoms with E-state index in [9.17, 15) is 4.79 Å².